The first-order chi connectivity index (χ1) is 14.1. The maximum atomic E-state index is 12.6. The highest BCUT2D eigenvalue weighted by Crippen LogP contribution is 2.42. The molecule has 0 saturated carbocycles. The minimum absolute atomic E-state index is 0.00499. The van der Waals surface area contributed by atoms with Crippen LogP contribution in [0.5, 0.6) is 0 Å². The number of nitrogens with zero attached hydrogens (tertiary/aromatic N) is 1. The monoisotopic (exact) mass is 446 g/mol. The van der Waals surface area contributed by atoms with Gasteiger partial charge in [0.15, 0.2) is 0 Å². The predicted octanol–water partition coefficient (Wildman–Crippen LogP) is 3.80. The van der Waals surface area contributed by atoms with E-state index in [1.807, 2.05) is 38.1 Å². The summed E-state index contributed by atoms with van der Waals surface area (Å²) in [5.41, 5.74) is 3.89. The van der Waals surface area contributed by atoms with Crippen LogP contribution in [0.15, 0.2) is 42.5 Å². The summed E-state index contributed by atoms with van der Waals surface area (Å²) < 4.78 is 26.2. The van der Waals surface area contributed by atoms with Crippen LogP contribution in [0.4, 0.5) is 5.69 Å². The number of carbonyl (C=O) groups is 2. The normalized spacial score (nSPS) is 16.9. The van der Waals surface area contributed by atoms with Crippen molar-refractivity contribution >= 4 is 39.3 Å². The molecule has 3 rings (SSSR count). The first-order valence-electron chi connectivity index (χ1n) is 9.73. The topological polar surface area (TPSA) is 83.6 Å². The molecular weight excluding hydrogens is 420 g/mol. The number of aryl methyl sites for hydroxylation is 2. The maximum Gasteiger partial charge on any atom is 0.264 e. The third-order valence-corrected chi connectivity index (χ3v) is 7.56. The molecule has 1 unspecified atom stereocenters. The molecule has 160 valence electrons. The highest BCUT2D eigenvalue weighted by atomic mass is 32.2. The third-order valence-electron chi connectivity index (χ3n) is 4.75. The Morgan fingerprint density at radius 3 is 2.43 bits per heavy atom. The molecule has 2 aromatic carbocycles. The number of hydrogen-bond donors (Lipinski definition) is 1. The van der Waals surface area contributed by atoms with Crippen LogP contribution in [-0.2, 0) is 14.8 Å². The second-order valence-electron chi connectivity index (χ2n) is 7.95. The van der Waals surface area contributed by atoms with Gasteiger partial charge in [-0.05, 0) is 49.1 Å². The summed E-state index contributed by atoms with van der Waals surface area (Å²) in [4.78, 5) is 26.8. The van der Waals surface area contributed by atoms with E-state index < -0.39 is 15.9 Å². The first kappa shape index (κ1) is 22.4. The Bertz CT molecular complexity index is 1060. The Hall–Kier alpha value is -2.32. The molecule has 0 aromatic heterocycles. The molecule has 1 heterocycles. The van der Waals surface area contributed by atoms with Crippen LogP contribution in [-0.4, -0.2) is 31.7 Å². The van der Waals surface area contributed by atoms with Crippen molar-refractivity contribution < 1.29 is 18.0 Å². The molecule has 1 aliphatic rings. The zero-order valence-corrected chi connectivity index (χ0v) is 19.1. The van der Waals surface area contributed by atoms with Gasteiger partial charge in [-0.1, -0.05) is 43.7 Å². The van der Waals surface area contributed by atoms with Crippen LogP contribution in [0, 0.1) is 19.8 Å². The van der Waals surface area contributed by atoms with Gasteiger partial charge in [-0.3, -0.25) is 14.5 Å². The van der Waals surface area contributed by atoms with Gasteiger partial charge in [0.05, 0.1) is 11.5 Å². The molecule has 1 fully saturated rings. The molecule has 1 aliphatic heterocycles. The van der Waals surface area contributed by atoms with Crippen molar-refractivity contribution in [3.63, 3.8) is 0 Å². The van der Waals surface area contributed by atoms with Gasteiger partial charge in [0.25, 0.3) is 5.91 Å². The smallest absolute Gasteiger partial charge is 0.264 e. The fourth-order valence-electron chi connectivity index (χ4n) is 3.41. The van der Waals surface area contributed by atoms with Gasteiger partial charge in [-0.25, -0.2) is 13.1 Å². The Morgan fingerprint density at radius 1 is 1.17 bits per heavy atom. The van der Waals surface area contributed by atoms with Crippen molar-refractivity contribution in [3.05, 3.63) is 64.7 Å². The lowest BCUT2D eigenvalue weighted by molar-refractivity contribution is -0.115. The van der Waals surface area contributed by atoms with Crippen LogP contribution in [0.2, 0.25) is 0 Å². The van der Waals surface area contributed by atoms with Crippen molar-refractivity contribution in [3.8, 4) is 0 Å². The van der Waals surface area contributed by atoms with E-state index in [2.05, 4.69) is 4.72 Å². The number of benzene rings is 2. The largest absolute Gasteiger partial charge is 0.295 e. The molecule has 6 nitrogen and oxygen atoms in total. The van der Waals surface area contributed by atoms with E-state index in [0.717, 1.165) is 22.4 Å². The number of thioether (sulfide) groups is 1. The number of nitrogens with one attached hydrogen (secondary N) is 1. The molecule has 2 amide bonds. The zero-order chi connectivity index (χ0) is 22.1. The van der Waals surface area contributed by atoms with E-state index in [-0.39, 0.29) is 28.5 Å². The lowest BCUT2D eigenvalue weighted by Gasteiger charge is -2.26. The second kappa shape index (κ2) is 8.81. The average Bonchev–Trinajstić information content (AvgIpc) is 3.02. The third kappa shape index (κ3) is 5.05. The van der Waals surface area contributed by atoms with Gasteiger partial charge in [-0.2, -0.15) is 0 Å². The SMILES string of the molecule is Cc1ccc(C2SCC(=O)N2c2ccc(C(=O)NS(=O)(=O)CC(C)C)cc2C)cc1. The quantitative estimate of drug-likeness (QED) is 0.730. The van der Waals surface area contributed by atoms with Gasteiger partial charge < -0.3 is 0 Å². The Kier molecular flexibility index (Phi) is 6.57. The number of rotatable bonds is 6. The van der Waals surface area contributed by atoms with Crippen LogP contribution in [0.1, 0.15) is 46.3 Å². The summed E-state index contributed by atoms with van der Waals surface area (Å²) in [6.07, 6.45) is 0. The zero-order valence-electron chi connectivity index (χ0n) is 17.5. The molecule has 1 atom stereocenters. The number of carbonyl (C=O) groups excluding carboxylic acids is 2. The van der Waals surface area contributed by atoms with Gasteiger partial charge >= 0.3 is 0 Å². The number of anilines is 1. The minimum atomic E-state index is -3.69. The van der Waals surface area contributed by atoms with Crippen molar-refractivity contribution in [1.82, 2.24) is 4.72 Å². The van der Waals surface area contributed by atoms with Crippen molar-refractivity contribution in [2.24, 2.45) is 5.92 Å². The average molecular weight is 447 g/mol. The van der Waals surface area contributed by atoms with E-state index in [1.165, 1.54) is 0 Å². The van der Waals surface area contributed by atoms with Crippen LogP contribution < -0.4 is 9.62 Å². The Morgan fingerprint density at radius 2 is 1.83 bits per heavy atom. The summed E-state index contributed by atoms with van der Waals surface area (Å²) in [6.45, 7) is 7.39. The Labute approximate surface area is 182 Å². The molecule has 0 aliphatic carbocycles. The summed E-state index contributed by atoms with van der Waals surface area (Å²) in [7, 11) is -3.69. The molecule has 8 heteroatoms. The molecule has 0 bridgehead atoms. The van der Waals surface area contributed by atoms with Gasteiger partial charge in [-0.15, -0.1) is 11.8 Å². The number of hydrogen-bond acceptors (Lipinski definition) is 5. The molecule has 30 heavy (non-hydrogen) atoms. The molecule has 1 saturated heterocycles. The summed E-state index contributed by atoms with van der Waals surface area (Å²) in [6, 6.07) is 13.0. The van der Waals surface area contributed by atoms with E-state index in [1.54, 1.807) is 48.7 Å². The van der Waals surface area contributed by atoms with E-state index >= 15 is 0 Å². The first-order valence-corrected chi connectivity index (χ1v) is 12.4. The summed E-state index contributed by atoms with van der Waals surface area (Å²) in [5.74, 6) is -0.481. The van der Waals surface area contributed by atoms with Crippen LogP contribution in [0.3, 0.4) is 0 Å². The minimum Gasteiger partial charge on any atom is -0.295 e. The van der Waals surface area contributed by atoms with Crippen molar-refractivity contribution in [2.75, 3.05) is 16.4 Å². The Balaban J connectivity index is 1.86. The summed E-state index contributed by atoms with van der Waals surface area (Å²) in [5, 5.41) is -0.136. The van der Waals surface area contributed by atoms with E-state index in [0.29, 0.717) is 5.75 Å². The standard InChI is InChI=1S/C22H26N2O4S2/c1-14(2)13-30(27,28)23-21(26)18-9-10-19(16(4)11-18)24-20(25)12-29-22(24)17-7-5-15(3)6-8-17/h5-11,14,22H,12-13H2,1-4H3,(H,23,26). The predicted molar refractivity (Wildman–Crippen MR) is 121 cm³/mol. The fraction of sp³-hybridized carbons (Fsp3) is 0.364. The van der Waals surface area contributed by atoms with Gasteiger partial charge in [0, 0.05) is 11.3 Å². The molecule has 1 N–H and O–H groups in total. The van der Waals surface area contributed by atoms with Gasteiger partial charge in [0.1, 0.15) is 5.37 Å². The maximum absolute atomic E-state index is 12.6. The molecular formula is C22H26N2O4S2. The van der Waals surface area contributed by atoms with Crippen LogP contribution >= 0.6 is 11.8 Å². The fourth-order valence-corrected chi connectivity index (χ4v) is 5.94. The highest BCUT2D eigenvalue weighted by Gasteiger charge is 2.35. The van der Waals surface area contributed by atoms with E-state index in [9.17, 15) is 18.0 Å². The highest BCUT2D eigenvalue weighted by molar-refractivity contribution is 8.00. The molecule has 0 spiro atoms. The molecule has 0 radical (unpaired) electrons. The van der Waals surface area contributed by atoms with Crippen molar-refractivity contribution in [2.45, 2.75) is 33.1 Å². The lowest BCUT2D eigenvalue weighted by Crippen LogP contribution is -2.34. The lowest BCUT2D eigenvalue weighted by atomic mass is 10.1. The van der Waals surface area contributed by atoms with Crippen molar-refractivity contribution in [1.29, 1.82) is 0 Å². The second-order valence-corrected chi connectivity index (χ2v) is 10.8. The summed E-state index contributed by atoms with van der Waals surface area (Å²) >= 11 is 1.56. The number of sulfonamides is 1. The van der Waals surface area contributed by atoms with E-state index in [4.69, 9.17) is 0 Å². The number of amides is 2. The van der Waals surface area contributed by atoms with Crippen LogP contribution in [0.25, 0.3) is 0 Å². The van der Waals surface area contributed by atoms with Gasteiger partial charge in [0.2, 0.25) is 15.9 Å². The molecule has 2 aromatic rings.